The number of hydrogen-bond donors (Lipinski definition) is 1. The van der Waals surface area contributed by atoms with Crippen molar-refractivity contribution in [2.45, 2.75) is 32.1 Å². The molecular weight excluding hydrogens is 200 g/mol. The van der Waals surface area contributed by atoms with Gasteiger partial charge in [0.2, 0.25) is 0 Å². The van der Waals surface area contributed by atoms with Gasteiger partial charge >= 0.3 is 5.97 Å². The lowest BCUT2D eigenvalue weighted by Crippen LogP contribution is -1.91. The van der Waals surface area contributed by atoms with Crippen molar-refractivity contribution in [3.63, 3.8) is 0 Å². The summed E-state index contributed by atoms with van der Waals surface area (Å²) in [5.41, 5.74) is 4.12. The standard InChI is InChI=1S/C14H16O2/c15-14(16)7-2-1-4-11-8-9-12-5-3-6-13(12)10-11/h1,4,8-10H,2-3,5-7H2,(H,15,16)/b4-1+. The van der Waals surface area contributed by atoms with Crippen LogP contribution in [0.25, 0.3) is 6.08 Å². The van der Waals surface area contributed by atoms with Gasteiger partial charge in [0.1, 0.15) is 0 Å². The Labute approximate surface area is 95.6 Å². The average molecular weight is 216 g/mol. The summed E-state index contributed by atoms with van der Waals surface area (Å²) in [5.74, 6) is -0.737. The first kappa shape index (κ1) is 10.9. The van der Waals surface area contributed by atoms with Crippen molar-refractivity contribution in [1.29, 1.82) is 0 Å². The van der Waals surface area contributed by atoms with Crippen LogP contribution in [-0.2, 0) is 17.6 Å². The first-order valence-corrected chi connectivity index (χ1v) is 5.76. The van der Waals surface area contributed by atoms with Gasteiger partial charge in [-0.2, -0.15) is 0 Å². The van der Waals surface area contributed by atoms with Crippen LogP contribution in [0.3, 0.4) is 0 Å². The number of carboxylic acids is 1. The zero-order chi connectivity index (χ0) is 11.4. The van der Waals surface area contributed by atoms with Crippen LogP contribution in [0.15, 0.2) is 24.3 Å². The van der Waals surface area contributed by atoms with Crippen molar-refractivity contribution >= 4 is 12.0 Å². The number of benzene rings is 1. The SMILES string of the molecule is O=C(O)CC/C=C/c1ccc2c(c1)CCC2. The highest BCUT2D eigenvalue weighted by Crippen LogP contribution is 2.23. The van der Waals surface area contributed by atoms with Gasteiger partial charge in [0.25, 0.3) is 0 Å². The monoisotopic (exact) mass is 216 g/mol. The van der Waals surface area contributed by atoms with Gasteiger partial charge in [0.15, 0.2) is 0 Å². The number of aliphatic carboxylic acids is 1. The van der Waals surface area contributed by atoms with Gasteiger partial charge in [-0.15, -0.1) is 0 Å². The maximum Gasteiger partial charge on any atom is 0.303 e. The maximum atomic E-state index is 10.3. The zero-order valence-corrected chi connectivity index (χ0v) is 9.28. The summed E-state index contributed by atoms with van der Waals surface area (Å²) in [6, 6.07) is 6.53. The molecule has 84 valence electrons. The molecule has 1 aliphatic rings. The maximum absolute atomic E-state index is 10.3. The van der Waals surface area contributed by atoms with Crippen LogP contribution in [-0.4, -0.2) is 11.1 Å². The molecule has 0 aromatic heterocycles. The van der Waals surface area contributed by atoms with E-state index in [2.05, 4.69) is 18.2 Å². The van der Waals surface area contributed by atoms with Gasteiger partial charge in [-0.25, -0.2) is 0 Å². The molecule has 16 heavy (non-hydrogen) atoms. The molecule has 0 aliphatic heterocycles. The predicted octanol–water partition coefficient (Wildman–Crippen LogP) is 3.05. The van der Waals surface area contributed by atoms with Crippen LogP contribution >= 0.6 is 0 Å². The van der Waals surface area contributed by atoms with E-state index in [9.17, 15) is 4.79 Å². The lowest BCUT2D eigenvalue weighted by Gasteiger charge is -2.00. The molecule has 0 radical (unpaired) electrons. The Hall–Kier alpha value is -1.57. The Kier molecular flexibility index (Phi) is 3.40. The molecule has 1 aromatic rings. The van der Waals surface area contributed by atoms with Crippen LogP contribution in [0.5, 0.6) is 0 Å². The molecule has 2 rings (SSSR count). The van der Waals surface area contributed by atoms with Crippen LogP contribution in [0.1, 0.15) is 36.0 Å². The van der Waals surface area contributed by atoms with Crippen molar-refractivity contribution in [2.75, 3.05) is 0 Å². The average Bonchev–Trinajstić information content (AvgIpc) is 2.71. The summed E-state index contributed by atoms with van der Waals surface area (Å²) >= 11 is 0. The van der Waals surface area contributed by atoms with E-state index in [0.717, 1.165) is 0 Å². The van der Waals surface area contributed by atoms with E-state index in [4.69, 9.17) is 5.11 Å². The summed E-state index contributed by atoms with van der Waals surface area (Å²) in [6.45, 7) is 0. The van der Waals surface area contributed by atoms with Gasteiger partial charge in [-0.3, -0.25) is 4.79 Å². The van der Waals surface area contributed by atoms with Gasteiger partial charge in [0.05, 0.1) is 0 Å². The fourth-order valence-electron chi connectivity index (χ4n) is 2.12. The Morgan fingerprint density at radius 2 is 2.12 bits per heavy atom. The van der Waals surface area contributed by atoms with E-state index in [-0.39, 0.29) is 6.42 Å². The number of fused-ring (bicyclic) bond motifs is 1. The minimum atomic E-state index is -0.737. The molecule has 1 aliphatic carbocycles. The van der Waals surface area contributed by atoms with E-state index in [1.807, 2.05) is 12.2 Å². The van der Waals surface area contributed by atoms with E-state index < -0.39 is 5.97 Å². The van der Waals surface area contributed by atoms with Crippen molar-refractivity contribution in [2.24, 2.45) is 0 Å². The molecule has 2 heteroatoms. The molecule has 0 heterocycles. The van der Waals surface area contributed by atoms with E-state index in [1.165, 1.54) is 36.0 Å². The summed E-state index contributed by atoms with van der Waals surface area (Å²) in [4.78, 5) is 10.3. The smallest absolute Gasteiger partial charge is 0.303 e. The molecule has 0 fully saturated rings. The molecule has 0 unspecified atom stereocenters. The fourth-order valence-corrected chi connectivity index (χ4v) is 2.12. The quantitative estimate of drug-likeness (QED) is 0.839. The summed E-state index contributed by atoms with van der Waals surface area (Å²) in [6.07, 6.45) is 8.42. The van der Waals surface area contributed by atoms with E-state index >= 15 is 0 Å². The highest BCUT2D eigenvalue weighted by atomic mass is 16.4. The van der Waals surface area contributed by atoms with Crippen LogP contribution in [0.2, 0.25) is 0 Å². The van der Waals surface area contributed by atoms with Gasteiger partial charge in [-0.05, 0) is 42.4 Å². The lowest BCUT2D eigenvalue weighted by molar-refractivity contribution is -0.136. The molecule has 1 aromatic carbocycles. The first-order valence-electron chi connectivity index (χ1n) is 5.76. The topological polar surface area (TPSA) is 37.3 Å². The van der Waals surface area contributed by atoms with Crippen LogP contribution in [0.4, 0.5) is 0 Å². The number of allylic oxidation sites excluding steroid dienone is 1. The van der Waals surface area contributed by atoms with Crippen LogP contribution in [0, 0.1) is 0 Å². The highest BCUT2D eigenvalue weighted by Gasteiger charge is 2.09. The van der Waals surface area contributed by atoms with Crippen molar-refractivity contribution < 1.29 is 9.90 Å². The Morgan fingerprint density at radius 1 is 1.31 bits per heavy atom. The largest absolute Gasteiger partial charge is 0.481 e. The summed E-state index contributed by atoms with van der Waals surface area (Å²) in [7, 11) is 0. The number of carbonyl (C=O) groups is 1. The molecule has 0 saturated carbocycles. The normalized spacial score (nSPS) is 14.2. The number of carboxylic acid groups (broad SMARTS) is 1. The number of aryl methyl sites for hydroxylation is 2. The van der Waals surface area contributed by atoms with E-state index in [0.29, 0.717) is 6.42 Å². The Balaban J connectivity index is 1.97. The molecule has 2 nitrogen and oxygen atoms in total. The fraction of sp³-hybridized carbons (Fsp3) is 0.357. The molecule has 0 atom stereocenters. The molecule has 0 saturated heterocycles. The lowest BCUT2D eigenvalue weighted by atomic mass is 10.1. The van der Waals surface area contributed by atoms with Crippen molar-refractivity contribution in [3.8, 4) is 0 Å². The predicted molar refractivity (Wildman–Crippen MR) is 64.4 cm³/mol. The third-order valence-electron chi connectivity index (χ3n) is 2.96. The van der Waals surface area contributed by atoms with Crippen molar-refractivity contribution in [3.05, 3.63) is 41.0 Å². The molecular formula is C14H16O2. The van der Waals surface area contributed by atoms with Gasteiger partial charge in [0, 0.05) is 6.42 Å². The third kappa shape index (κ3) is 2.72. The summed E-state index contributed by atoms with van der Waals surface area (Å²) < 4.78 is 0. The Morgan fingerprint density at radius 3 is 2.94 bits per heavy atom. The summed E-state index contributed by atoms with van der Waals surface area (Å²) in [5, 5.41) is 8.50. The molecule has 0 bridgehead atoms. The second-order valence-electron chi connectivity index (χ2n) is 4.22. The van der Waals surface area contributed by atoms with Gasteiger partial charge in [-0.1, -0.05) is 30.4 Å². The number of hydrogen-bond acceptors (Lipinski definition) is 1. The Bertz CT molecular complexity index is 419. The first-order chi connectivity index (χ1) is 7.75. The molecule has 0 amide bonds. The van der Waals surface area contributed by atoms with Gasteiger partial charge < -0.3 is 5.11 Å². The second-order valence-corrected chi connectivity index (χ2v) is 4.22. The highest BCUT2D eigenvalue weighted by molar-refractivity contribution is 5.67. The van der Waals surface area contributed by atoms with Crippen LogP contribution < -0.4 is 0 Å². The molecule has 1 N–H and O–H groups in total. The number of rotatable bonds is 4. The zero-order valence-electron chi connectivity index (χ0n) is 9.28. The van der Waals surface area contributed by atoms with Crippen molar-refractivity contribution in [1.82, 2.24) is 0 Å². The second kappa shape index (κ2) is 4.97. The minimum absolute atomic E-state index is 0.210. The molecule has 0 spiro atoms. The minimum Gasteiger partial charge on any atom is -0.481 e. The third-order valence-corrected chi connectivity index (χ3v) is 2.96. The van der Waals surface area contributed by atoms with E-state index in [1.54, 1.807) is 0 Å².